The third-order valence-electron chi connectivity index (χ3n) is 6.44. The highest BCUT2D eigenvalue weighted by Gasteiger charge is 2.27. The zero-order valence-corrected chi connectivity index (χ0v) is 24.5. The monoisotopic (exact) mass is 627 g/mol. The Morgan fingerprint density at radius 1 is 0.884 bits per heavy atom. The van der Waals surface area contributed by atoms with Crippen LogP contribution in [0.3, 0.4) is 0 Å². The summed E-state index contributed by atoms with van der Waals surface area (Å²) in [7, 11) is -3.96. The number of nitrogens with one attached hydrogen (secondary N) is 2. The van der Waals surface area contributed by atoms with Crippen molar-refractivity contribution >= 4 is 39.1 Å². The summed E-state index contributed by atoms with van der Waals surface area (Å²) >= 11 is 6.18. The van der Waals surface area contributed by atoms with Crippen molar-refractivity contribution < 1.29 is 31.5 Å². The van der Waals surface area contributed by atoms with Gasteiger partial charge in [-0.2, -0.15) is 0 Å². The van der Waals surface area contributed by atoms with Gasteiger partial charge in [0.25, 0.3) is 15.9 Å². The zero-order chi connectivity index (χ0) is 31.0. The normalized spacial score (nSPS) is 11.8. The Labute approximate surface area is 253 Å². The van der Waals surface area contributed by atoms with Gasteiger partial charge >= 0.3 is 0 Å². The van der Waals surface area contributed by atoms with Gasteiger partial charge in [0.2, 0.25) is 5.91 Å². The van der Waals surface area contributed by atoms with E-state index in [4.69, 9.17) is 16.3 Å². The number of anilines is 1. The third kappa shape index (κ3) is 8.76. The summed E-state index contributed by atoms with van der Waals surface area (Å²) in [4.78, 5) is 27.6. The molecule has 0 fully saturated rings. The van der Waals surface area contributed by atoms with Crippen LogP contribution in [0.2, 0.25) is 5.02 Å². The highest BCUT2D eigenvalue weighted by molar-refractivity contribution is 7.92. The van der Waals surface area contributed by atoms with Crippen LogP contribution in [0.25, 0.3) is 0 Å². The van der Waals surface area contributed by atoms with E-state index in [2.05, 4.69) is 10.0 Å². The molecular formula is C31H28ClF2N3O5S. The molecule has 4 rings (SSSR count). The molecule has 0 aromatic heterocycles. The Morgan fingerprint density at radius 3 is 2.12 bits per heavy atom. The average Bonchev–Trinajstić information content (AvgIpc) is 3.00. The molecule has 0 saturated heterocycles. The van der Waals surface area contributed by atoms with Gasteiger partial charge in [-0.25, -0.2) is 17.2 Å². The molecule has 12 heteroatoms. The highest BCUT2D eigenvalue weighted by atomic mass is 35.5. The van der Waals surface area contributed by atoms with Crippen LogP contribution in [0.15, 0.2) is 102 Å². The van der Waals surface area contributed by atoms with E-state index < -0.39 is 46.1 Å². The van der Waals surface area contributed by atoms with Crippen molar-refractivity contribution in [2.45, 2.75) is 31.0 Å². The van der Waals surface area contributed by atoms with Gasteiger partial charge in [-0.05, 0) is 84.8 Å². The molecule has 4 aromatic rings. The lowest BCUT2D eigenvalue weighted by Gasteiger charge is -2.29. The number of hydrogen-bond donors (Lipinski definition) is 2. The molecule has 0 bridgehead atoms. The second-order valence-electron chi connectivity index (χ2n) is 9.51. The second-order valence-corrected chi connectivity index (χ2v) is 11.6. The molecule has 0 saturated carbocycles. The predicted octanol–water partition coefficient (Wildman–Crippen LogP) is 5.53. The van der Waals surface area contributed by atoms with E-state index in [0.717, 1.165) is 12.1 Å². The minimum atomic E-state index is -3.96. The third-order valence-corrected chi connectivity index (χ3v) is 8.20. The summed E-state index contributed by atoms with van der Waals surface area (Å²) in [5.74, 6) is -1.68. The molecule has 224 valence electrons. The number of nitrogens with zero attached hydrogens (tertiary/aromatic N) is 1. The first-order chi connectivity index (χ1) is 20.5. The minimum absolute atomic E-state index is 0.00932. The highest BCUT2D eigenvalue weighted by Crippen LogP contribution is 2.20. The SMILES string of the molecule is C[C@@H](C(=O)NCc1ccccc1Cl)N(Cc1ccc(F)cc1)C(=O)COc1ccc(S(=O)(=O)Nc2ccc(F)cc2)cc1. The molecule has 0 radical (unpaired) electrons. The van der Waals surface area contributed by atoms with E-state index in [1.54, 1.807) is 31.2 Å². The molecular weight excluding hydrogens is 600 g/mol. The van der Waals surface area contributed by atoms with Crippen LogP contribution >= 0.6 is 11.6 Å². The number of benzene rings is 4. The molecule has 2 amide bonds. The Morgan fingerprint density at radius 2 is 1.49 bits per heavy atom. The van der Waals surface area contributed by atoms with Gasteiger partial charge in [-0.1, -0.05) is 41.9 Å². The van der Waals surface area contributed by atoms with Crippen molar-refractivity contribution in [1.82, 2.24) is 10.2 Å². The van der Waals surface area contributed by atoms with Gasteiger partial charge in [-0.3, -0.25) is 14.3 Å². The maximum absolute atomic E-state index is 13.5. The van der Waals surface area contributed by atoms with Crippen molar-refractivity contribution in [3.05, 3.63) is 125 Å². The summed E-state index contributed by atoms with van der Waals surface area (Å²) in [6, 6.07) is 21.9. The first kappa shape index (κ1) is 31.5. The van der Waals surface area contributed by atoms with E-state index in [-0.39, 0.29) is 29.4 Å². The van der Waals surface area contributed by atoms with E-state index >= 15 is 0 Å². The quantitative estimate of drug-likeness (QED) is 0.215. The lowest BCUT2D eigenvalue weighted by molar-refractivity contribution is -0.142. The topological polar surface area (TPSA) is 105 Å². The summed E-state index contributed by atoms with van der Waals surface area (Å²) in [5.41, 5.74) is 1.50. The van der Waals surface area contributed by atoms with Crippen molar-refractivity contribution in [3.63, 3.8) is 0 Å². The molecule has 0 heterocycles. The summed E-state index contributed by atoms with van der Waals surface area (Å²) < 4.78 is 59.9. The maximum Gasteiger partial charge on any atom is 0.261 e. The van der Waals surface area contributed by atoms with E-state index in [0.29, 0.717) is 16.1 Å². The number of hydrogen-bond acceptors (Lipinski definition) is 5. The van der Waals surface area contributed by atoms with Crippen LogP contribution in [0.4, 0.5) is 14.5 Å². The molecule has 4 aromatic carbocycles. The van der Waals surface area contributed by atoms with Crippen LogP contribution in [-0.2, 0) is 32.7 Å². The van der Waals surface area contributed by atoms with E-state index in [9.17, 15) is 26.8 Å². The number of halogens is 3. The Bertz CT molecular complexity index is 1670. The molecule has 0 aliphatic carbocycles. The average molecular weight is 628 g/mol. The van der Waals surface area contributed by atoms with E-state index in [1.807, 2.05) is 0 Å². The smallest absolute Gasteiger partial charge is 0.261 e. The van der Waals surface area contributed by atoms with Crippen LogP contribution < -0.4 is 14.8 Å². The standard InChI is InChI=1S/C31H28ClF2N3O5S/c1-21(31(39)35-18-23-4-2-3-5-29(23)32)37(19-22-6-8-24(33)9-7-22)30(38)20-42-27-14-16-28(17-15-27)43(40,41)36-26-12-10-25(34)11-13-26/h2-17,21,36H,18-20H2,1H3,(H,35,39)/t21-/m0/s1. The number of carbonyl (C=O) groups is 2. The Balaban J connectivity index is 1.42. The first-order valence-electron chi connectivity index (χ1n) is 13.1. The molecule has 0 unspecified atom stereocenters. The second kappa shape index (κ2) is 14.1. The molecule has 1 atom stereocenters. The van der Waals surface area contributed by atoms with Crippen LogP contribution in [-0.4, -0.2) is 37.8 Å². The van der Waals surface area contributed by atoms with Crippen LogP contribution in [0.1, 0.15) is 18.1 Å². The van der Waals surface area contributed by atoms with Gasteiger partial charge in [0.05, 0.1) is 4.90 Å². The zero-order valence-electron chi connectivity index (χ0n) is 23.0. The van der Waals surface area contributed by atoms with E-state index in [1.165, 1.54) is 65.6 Å². The molecule has 2 N–H and O–H groups in total. The van der Waals surface area contributed by atoms with Crippen molar-refractivity contribution in [1.29, 1.82) is 0 Å². The first-order valence-corrected chi connectivity index (χ1v) is 14.9. The Hall–Kier alpha value is -4.48. The summed E-state index contributed by atoms with van der Waals surface area (Å²) in [5, 5.41) is 3.28. The Kier molecular flexibility index (Phi) is 10.3. The van der Waals surface area contributed by atoms with Gasteiger partial charge in [0, 0.05) is 23.8 Å². The maximum atomic E-state index is 13.5. The number of sulfonamides is 1. The fourth-order valence-electron chi connectivity index (χ4n) is 4.02. The lowest BCUT2D eigenvalue weighted by atomic mass is 10.1. The lowest BCUT2D eigenvalue weighted by Crippen LogP contribution is -2.48. The summed E-state index contributed by atoms with van der Waals surface area (Å²) in [6.45, 7) is 1.28. The molecule has 43 heavy (non-hydrogen) atoms. The van der Waals surface area contributed by atoms with Gasteiger partial charge in [-0.15, -0.1) is 0 Å². The fourth-order valence-corrected chi connectivity index (χ4v) is 5.28. The predicted molar refractivity (Wildman–Crippen MR) is 159 cm³/mol. The molecule has 0 spiro atoms. The van der Waals surface area contributed by atoms with Crippen LogP contribution in [0.5, 0.6) is 5.75 Å². The number of ether oxygens (including phenoxy) is 1. The number of carbonyl (C=O) groups excluding carboxylic acids is 2. The largest absolute Gasteiger partial charge is 0.484 e. The van der Waals surface area contributed by atoms with Crippen molar-refractivity contribution in [2.75, 3.05) is 11.3 Å². The van der Waals surface area contributed by atoms with Crippen molar-refractivity contribution in [2.24, 2.45) is 0 Å². The number of amides is 2. The molecule has 0 aliphatic heterocycles. The number of rotatable bonds is 12. The minimum Gasteiger partial charge on any atom is -0.484 e. The van der Waals surface area contributed by atoms with Gasteiger partial charge in [0.15, 0.2) is 6.61 Å². The molecule has 0 aliphatic rings. The summed E-state index contributed by atoms with van der Waals surface area (Å²) in [6.07, 6.45) is 0. The van der Waals surface area contributed by atoms with Crippen LogP contribution in [0, 0.1) is 11.6 Å². The molecule has 8 nitrogen and oxygen atoms in total. The fraction of sp³-hybridized carbons (Fsp3) is 0.161. The van der Waals surface area contributed by atoms with Crippen molar-refractivity contribution in [3.8, 4) is 5.75 Å². The van der Waals surface area contributed by atoms with Gasteiger partial charge in [0.1, 0.15) is 23.4 Å². The van der Waals surface area contributed by atoms with Gasteiger partial charge < -0.3 is 15.0 Å².